The maximum absolute atomic E-state index is 13.4. The number of benzene rings is 1. The number of hydrogen-bond donors (Lipinski definition) is 1. The molecule has 18 heavy (non-hydrogen) atoms. The highest BCUT2D eigenvalue weighted by Crippen LogP contribution is 2.18. The first-order chi connectivity index (χ1) is 8.72. The summed E-state index contributed by atoms with van der Waals surface area (Å²) in [5.41, 5.74) is 2.60. The molecule has 0 bridgehead atoms. The van der Waals surface area contributed by atoms with Gasteiger partial charge in [-0.25, -0.2) is 4.39 Å². The molecule has 0 amide bonds. The van der Waals surface area contributed by atoms with Gasteiger partial charge in [0.2, 0.25) is 0 Å². The van der Waals surface area contributed by atoms with E-state index < -0.39 is 0 Å². The summed E-state index contributed by atoms with van der Waals surface area (Å²) in [5.74, 6) is -0.179. The number of nitrogens with one attached hydrogen (secondary N) is 1. The van der Waals surface area contributed by atoms with Crippen LogP contribution in [0.3, 0.4) is 0 Å². The zero-order valence-electron chi connectivity index (χ0n) is 10.8. The van der Waals surface area contributed by atoms with Gasteiger partial charge in [-0.3, -0.25) is 4.68 Å². The molecular formula is C14H18FN3. The van der Waals surface area contributed by atoms with Crippen molar-refractivity contribution < 1.29 is 4.39 Å². The Balaban J connectivity index is 2.07. The monoisotopic (exact) mass is 247 g/mol. The summed E-state index contributed by atoms with van der Waals surface area (Å²) in [6.07, 6.45) is 2.85. The molecule has 0 aliphatic carbocycles. The van der Waals surface area contributed by atoms with E-state index in [1.165, 1.54) is 6.07 Å². The van der Waals surface area contributed by atoms with Crippen molar-refractivity contribution in [3.63, 3.8) is 0 Å². The maximum atomic E-state index is 13.4. The van der Waals surface area contributed by atoms with Crippen molar-refractivity contribution in [3.05, 3.63) is 47.5 Å². The van der Waals surface area contributed by atoms with Crippen LogP contribution in [-0.4, -0.2) is 9.78 Å². The molecule has 96 valence electrons. The maximum Gasteiger partial charge on any atom is 0.128 e. The normalized spacial score (nSPS) is 10.6. The fourth-order valence-corrected chi connectivity index (χ4v) is 1.91. The summed E-state index contributed by atoms with van der Waals surface area (Å²) in [6.45, 7) is 5.47. The number of rotatable bonds is 5. The topological polar surface area (TPSA) is 29.9 Å². The molecule has 1 aromatic heterocycles. The molecule has 3 nitrogen and oxygen atoms in total. The van der Waals surface area contributed by atoms with Crippen LogP contribution in [0.15, 0.2) is 30.5 Å². The molecule has 0 fully saturated rings. The average Bonchev–Trinajstić information content (AvgIpc) is 2.79. The Bertz CT molecular complexity index is 520. The molecule has 0 radical (unpaired) electrons. The third-order valence-corrected chi connectivity index (χ3v) is 2.97. The third kappa shape index (κ3) is 2.70. The lowest BCUT2D eigenvalue weighted by atomic mass is 10.2. The Morgan fingerprint density at radius 1 is 1.33 bits per heavy atom. The van der Waals surface area contributed by atoms with Crippen molar-refractivity contribution in [1.29, 1.82) is 0 Å². The number of nitrogens with zero attached hydrogens (tertiary/aromatic N) is 2. The molecule has 2 rings (SSSR count). The van der Waals surface area contributed by atoms with Gasteiger partial charge in [0.25, 0.3) is 0 Å². The molecule has 0 aliphatic heterocycles. The molecule has 2 aromatic rings. The number of aromatic nitrogens is 2. The minimum Gasteiger partial charge on any atom is -0.379 e. The standard InChI is InChI=1S/C14H18FN3/c1-3-9-18-12(7-8-17-18)10-16-14-6-4-5-13(15)11(14)2/h4-8,16H,3,9-10H2,1-2H3. The van der Waals surface area contributed by atoms with E-state index in [1.54, 1.807) is 19.2 Å². The minimum absolute atomic E-state index is 0.179. The zero-order chi connectivity index (χ0) is 13.0. The lowest BCUT2D eigenvalue weighted by Crippen LogP contribution is -2.09. The van der Waals surface area contributed by atoms with Crippen LogP contribution >= 0.6 is 0 Å². The predicted molar refractivity (Wildman–Crippen MR) is 71.0 cm³/mol. The predicted octanol–water partition coefficient (Wildman–Crippen LogP) is 3.35. The first-order valence-electron chi connectivity index (χ1n) is 6.22. The van der Waals surface area contributed by atoms with Crippen LogP contribution in [0.25, 0.3) is 0 Å². The lowest BCUT2D eigenvalue weighted by Gasteiger charge is -2.11. The largest absolute Gasteiger partial charge is 0.379 e. The van der Waals surface area contributed by atoms with Crippen LogP contribution in [0.1, 0.15) is 24.6 Å². The van der Waals surface area contributed by atoms with E-state index in [-0.39, 0.29) is 5.82 Å². The lowest BCUT2D eigenvalue weighted by molar-refractivity contribution is 0.578. The summed E-state index contributed by atoms with van der Waals surface area (Å²) < 4.78 is 15.4. The Labute approximate surface area is 107 Å². The van der Waals surface area contributed by atoms with Crippen LogP contribution < -0.4 is 5.32 Å². The van der Waals surface area contributed by atoms with Gasteiger partial charge in [0, 0.05) is 24.0 Å². The molecule has 0 saturated carbocycles. The van der Waals surface area contributed by atoms with Crippen LogP contribution in [0, 0.1) is 12.7 Å². The van der Waals surface area contributed by atoms with E-state index in [0.717, 1.165) is 24.3 Å². The number of aryl methyl sites for hydroxylation is 1. The fourth-order valence-electron chi connectivity index (χ4n) is 1.91. The Morgan fingerprint density at radius 2 is 2.17 bits per heavy atom. The molecule has 0 saturated heterocycles. The second-order valence-electron chi connectivity index (χ2n) is 4.31. The minimum atomic E-state index is -0.179. The summed E-state index contributed by atoms with van der Waals surface area (Å²) in [6, 6.07) is 7.06. The van der Waals surface area contributed by atoms with E-state index in [0.29, 0.717) is 12.1 Å². The van der Waals surface area contributed by atoms with Crippen LogP contribution in [0.4, 0.5) is 10.1 Å². The molecular weight excluding hydrogens is 229 g/mol. The second-order valence-corrected chi connectivity index (χ2v) is 4.31. The molecule has 1 aromatic carbocycles. The average molecular weight is 247 g/mol. The van der Waals surface area contributed by atoms with Gasteiger partial charge < -0.3 is 5.32 Å². The van der Waals surface area contributed by atoms with Gasteiger partial charge in [0.1, 0.15) is 5.82 Å². The Kier molecular flexibility index (Phi) is 3.97. The molecule has 1 N–H and O–H groups in total. The summed E-state index contributed by atoms with van der Waals surface area (Å²) in [4.78, 5) is 0. The molecule has 0 aliphatic rings. The van der Waals surface area contributed by atoms with Crippen molar-refractivity contribution in [2.24, 2.45) is 0 Å². The number of anilines is 1. The van der Waals surface area contributed by atoms with Crippen LogP contribution in [-0.2, 0) is 13.1 Å². The quantitative estimate of drug-likeness (QED) is 0.878. The van der Waals surface area contributed by atoms with Gasteiger partial charge in [-0.15, -0.1) is 0 Å². The van der Waals surface area contributed by atoms with Gasteiger partial charge in [0.05, 0.1) is 12.2 Å². The molecule has 0 spiro atoms. The van der Waals surface area contributed by atoms with Crippen molar-refractivity contribution >= 4 is 5.69 Å². The van der Waals surface area contributed by atoms with E-state index in [4.69, 9.17) is 0 Å². The summed E-state index contributed by atoms with van der Waals surface area (Å²) in [7, 11) is 0. The molecule has 4 heteroatoms. The first-order valence-corrected chi connectivity index (χ1v) is 6.22. The van der Waals surface area contributed by atoms with E-state index >= 15 is 0 Å². The van der Waals surface area contributed by atoms with Crippen molar-refractivity contribution in [2.45, 2.75) is 33.4 Å². The van der Waals surface area contributed by atoms with Gasteiger partial charge in [-0.2, -0.15) is 5.10 Å². The smallest absolute Gasteiger partial charge is 0.128 e. The Morgan fingerprint density at radius 3 is 2.94 bits per heavy atom. The number of hydrogen-bond acceptors (Lipinski definition) is 2. The second kappa shape index (κ2) is 5.67. The third-order valence-electron chi connectivity index (χ3n) is 2.97. The molecule has 1 heterocycles. The number of halogens is 1. The van der Waals surface area contributed by atoms with Crippen molar-refractivity contribution in [3.8, 4) is 0 Å². The summed E-state index contributed by atoms with van der Waals surface area (Å²) >= 11 is 0. The SMILES string of the molecule is CCCn1nccc1CNc1cccc(F)c1C. The van der Waals surface area contributed by atoms with Crippen LogP contribution in [0.5, 0.6) is 0 Å². The molecule has 0 unspecified atom stereocenters. The van der Waals surface area contributed by atoms with Gasteiger partial charge >= 0.3 is 0 Å². The van der Waals surface area contributed by atoms with Crippen LogP contribution in [0.2, 0.25) is 0 Å². The highest BCUT2D eigenvalue weighted by molar-refractivity contribution is 5.51. The highest BCUT2D eigenvalue weighted by atomic mass is 19.1. The first kappa shape index (κ1) is 12.6. The van der Waals surface area contributed by atoms with Crippen molar-refractivity contribution in [2.75, 3.05) is 5.32 Å². The fraction of sp³-hybridized carbons (Fsp3) is 0.357. The van der Waals surface area contributed by atoms with E-state index in [2.05, 4.69) is 17.3 Å². The van der Waals surface area contributed by atoms with E-state index in [9.17, 15) is 4.39 Å². The highest BCUT2D eigenvalue weighted by Gasteiger charge is 2.05. The van der Waals surface area contributed by atoms with Gasteiger partial charge in [-0.1, -0.05) is 13.0 Å². The van der Waals surface area contributed by atoms with Gasteiger partial charge in [0.15, 0.2) is 0 Å². The van der Waals surface area contributed by atoms with Crippen molar-refractivity contribution in [1.82, 2.24) is 9.78 Å². The van der Waals surface area contributed by atoms with E-state index in [1.807, 2.05) is 16.8 Å². The molecule has 0 atom stereocenters. The van der Waals surface area contributed by atoms with Gasteiger partial charge in [-0.05, 0) is 31.5 Å². The Hall–Kier alpha value is -1.84. The zero-order valence-corrected chi connectivity index (χ0v) is 10.8. The summed E-state index contributed by atoms with van der Waals surface area (Å²) in [5, 5.41) is 7.51.